The standard InChI is InChI=1S/C38H43FN2O5/c1-25(2)41-32(21-20-30-22-31(23-33(42)44-5)46-38(3,4)45-30)34(28-16-18-29(39)19-17-28)35(27-14-10-7-11-15-27)36(41)37(43)40-24-26-12-8-6-9-13-26/h6-19,25,30-31H,20-24H2,1-5H3,(H,40,43)/t30-,31-/m1/s1. The summed E-state index contributed by atoms with van der Waals surface area (Å²) in [6.07, 6.45) is 1.33. The number of halogens is 1. The number of methoxy groups -OCH3 is 1. The van der Waals surface area contributed by atoms with Gasteiger partial charge in [0.15, 0.2) is 5.79 Å². The minimum Gasteiger partial charge on any atom is -0.469 e. The minimum absolute atomic E-state index is 0.0664. The highest BCUT2D eigenvalue weighted by atomic mass is 19.1. The van der Waals surface area contributed by atoms with E-state index in [0.29, 0.717) is 31.5 Å². The Morgan fingerprint density at radius 1 is 0.913 bits per heavy atom. The third-order valence-corrected chi connectivity index (χ3v) is 8.28. The first-order valence-corrected chi connectivity index (χ1v) is 15.9. The van der Waals surface area contributed by atoms with E-state index in [1.807, 2.05) is 74.5 Å². The zero-order valence-electron chi connectivity index (χ0n) is 27.2. The Labute approximate surface area is 270 Å². The predicted octanol–water partition coefficient (Wildman–Crippen LogP) is 7.88. The zero-order valence-corrected chi connectivity index (χ0v) is 27.2. The molecule has 0 spiro atoms. The van der Waals surface area contributed by atoms with Crippen LogP contribution in [0.1, 0.15) is 74.7 Å². The van der Waals surface area contributed by atoms with Gasteiger partial charge in [-0.2, -0.15) is 0 Å². The van der Waals surface area contributed by atoms with Crippen LogP contribution in [0.15, 0.2) is 84.9 Å². The molecule has 0 aliphatic carbocycles. The van der Waals surface area contributed by atoms with Gasteiger partial charge in [-0.05, 0) is 69.4 Å². The number of carbonyl (C=O) groups excluding carboxylic acids is 2. The van der Waals surface area contributed by atoms with Gasteiger partial charge >= 0.3 is 5.97 Å². The molecule has 1 saturated heterocycles. The van der Waals surface area contributed by atoms with Crippen molar-refractivity contribution < 1.29 is 28.2 Å². The highest BCUT2D eigenvalue weighted by Gasteiger charge is 2.37. The lowest BCUT2D eigenvalue weighted by molar-refractivity contribution is -0.300. The SMILES string of the molecule is COC(=O)C[C@H]1C[C@@H](CCc2c(-c3ccc(F)cc3)c(-c3ccccc3)c(C(=O)NCc3ccccc3)n2C(C)C)OC(C)(C)O1. The molecular formula is C38H43FN2O5. The number of carbonyl (C=O) groups is 2. The van der Waals surface area contributed by atoms with Crippen LogP contribution in [-0.2, 0) is 32.0 Å². The van der Waals surface area contributed by atoms with E-state index in [4.69, 9.17) is 14.2 Å². The number of aromatic nitrogens is 1. The van der Waals surface area contributed by atoms with Crippen molar-refractivity contribution in [1.82, 2.24) is 9.88 Å². The fourth-order valence-corrected chi connectivity index (χ4v) is 6.44. The summed E-state index contributed by atoms with van der Waals surface area (Å²) in [4.78, 5) is 26.4. The first kappa shape index (κ1) is 33.1. The van der Waals surface area contributed by atoms with Gasteiger partial charge in [0.25, 0.3) is 5.91 Å². The molecule has 242 valence electrons. The Balaban J connectivity index is 1.61. The molecule has 1 aliphatic heterocycles. The second kappa shape index (κ2) is 14.4. The second-order valence-corrected chi connectivity index (χ2v) is 12.5. The van der Waals surface area contributed by atoms with E-state index in [9.17, 15) is 14.0 Å². The number of nitrogens with zero attached hydrogens (tertiary/aromatic N) is 1. The largest absolute Gasteiger partial charge is 0.469 e. The number of benzene rings is 3. The quantitative estimate of drug-likeness (QED) is 0.171. The lowest BCUT2D eigenvalue weighted by Crippen LogP contribution is -2.45. The van der Waals surface area contributed by atoms with E-state index in [1.165, 1.54) is 19.2 Å². The number of amides is 1. The fraction of sp³-hybridized carbons (Fsp3) is 0.368. The number of hydrogen-bond acceptors (Lipinski definition) is 5. The average Bonchev–Trinajstić information content (AvgIpc) is 3.38. The molecule has 1 amide bonds. The Morgan fingerprint density at radius 2 is 1.52 bits per heavy atom. The first-order chi connectivity index (χ1) is 22.1. The van der Waals surface area contributed by atoms with Crippen LogP contribution in [0.4, 0.5) is 4.39 Å². The predicted molar refractivity (Wildman–Crippen MR) is 177 cm³/mol. The van der Waals surface area contributed by atoms with E-state index >= 15 is 0 Å². The number of rotatable bonds is 11. The monoisotopic (exact) mass is 626 g/mol. The molecule has 1 N–H and O–H groups in total. The molecule has 0 bridgehead atoms. The van der Waals surface area contributed by atoms with Gasteiger partial charge in [-0.25, -0.2) is 4.39 Å². The van der Waals surface area contributed by atoms with Crippen LogP contribution in [0.25, 0.3) is 22.3 Å². The van der Waals surface area contributed by atoms with Crippen molar-refractivity contribution in [3.05, 3.63) is 108 Å². The summed E-state index contributed by atoms with van der Waals surface area (Å²) >= 11 is 0. The van der Waals surface area contributed by atoms with Crippen molar-refractivity contribution in [3.8, 4) is 22.3 Å². The van der Waals surface area contributed by atoms with Gasteiger partial charge in [0.2, 0.25) is 0 Å². The van der Waals surface area contributed by atoms with Crippen LogP contribution >= 0.6 is 0 Å². The number of hydrogen-bond donors (Lipinski definition) is 1. The molecule has 1 aromatic heterocycles. The van der Waals surface area contributed by atoms with E-state index in [0.717, 1.165) is 33.5 Å². The van der Waals surface area contributed by atoms with E-state index in [2.05, 4.69) is 23.7 Å². The van der Waals surface area contributed by atoms with Crippen molar-refractivity contribution in [3.63, 3.8) is 0 Å². The van der Waals surface area contributed by atoms with Gasteiger partial charge < -0.3 is 24.1 Å². The third-order valence-electron chi connectivity index (χ3n) is 8.28. The lowest BCUT2D eigenvalue weighted by Gasteiger charge is -2.40. The highest BCUT2D eigenvalue weighted by molar-refractivity contribution is 6.05. The van der Waals surface area contributed by atoms with Gasteiger partial charge in [-0.3, -0.25) is 9.59 Å². The molecule has 1 aliphatic rings. The third kappa shape index (κ3) is 7.74. The Bertz CT molecular complexity index is 1630. The van der Waals surface area contributed by atoms with Gasteiger partial charge in [-0.15, -0.1) is 0 Å². The summed E-state index contributed by atoms with van der Waals surface area (Å²) in [5, 5.41) is 3.16. The van der Waals surface area contributed by atoms with Gasteiger partial charge in [-0.1, -0.05) is 72.8 Å². The zero-order chi connectivity index (χ0) is 32.8. The highest BCUT2D eigenvalue weighted by Crippen LogP contribution is 2.43. The molecule has 0 unspecified atom stereocenters. The summed E-state index contributed by atoms with van der Waals surface area (Å²) < 4.78 is 33.6. The molecule has 0 saturated carbocycles. The van der Waals surface area contributed by atoms with E-state index < -0.39 is 5.79 Å². The summed E-state index contributed by atoms with van der Waals surface area (Å²) in [6.45, 7) is 8.23. The smallest absolute Gasteiger partial charge is 0.308 e. The molecule has 5 rings (SSSR count). The van der Waals surface area contributed by atoms with Crippen LogP contribution < -0.4 is 5.32 Å². The summed E-state index contributed by atoms with van der Waals surface area (Å²) in [6, 6.07) is 26.1. The Hall–Kier alpha value is -4.27. The van der Waals surface area contributed by atoms with Crippen molar-refractivity contribution >= 4 is 11.9 Å². The summed E-state index contributed by atoms with van der Waals surface area (Å²) in [5.41, 5.74) is 5.93. The van der Waals surface area contributed by atoms with Crippen LogP contribution in [-0.4, -0.2) is 41.5 Å². The molecule has 0 radical (unpaired) electrons. The molecule has 7 nitrogen and oxygen atoms in total. The van der Waals surface area contributed by atoms with E-state index in [-0.39, 0.29) is 42.4 Å². The van der Waals surface area contributed by atoms with E-state index in [1.54, 1.807) is 12.1 Å². The summed E-state index contributed by atoms with van der Waals surface area (Å²) in [5.74, 6) is -1.72. The number of ether oxygens (including phenoxy) is 3. The molecular weight excluding hydrogens is 583 g/mol. The molecule has 1 fully saturated rings. The maximum absolute atomic E-state index is 14.3. The molecule has 2 atom stereocenters. The lowest BCUT2D eigenvalue weighted by atomic mass is 9.92. The Morgan fingerprint density at radius 3 is 2.15 bits per heavy atom. The van der Waals surface area contributed by atoms with Crippen molar-refractivity contribution in [2.45, 2.75) is 84.0 Å². The van der Waals surface area contributed by atoms with Gasteiger partial charge in [0.1, 0.15) is 11.5 Å². The summed E-state index contributed by atoms with van der Waals surface area (Å²) in [7, 11) is 1.37. The average molecular weight is 627 g/mol. The molecule has 8 heteroatoms. The minimum atomic E-state index is -0.876. The normalized spacial score (nSPS) is 17.5. The molecule has 46 heavy (non-hydrogen) atoms. The van der Waals surface area contributed by atoms with Crippen LogP contribution in [0.5, 0.6) is 0 Å². The second-order valence-electron chi connectivity index (χ2n) is 12.5. The molecule has 4 aromatic rings. The van der Waals surface area contributed by atoms with Crippen molar-refractivity contribution in [1.29, 1.82) is 0 Å². The van der Waals surface area contributed by atoms with Crippen molar-refractivity contribution in [2.24, 2.45) is 0 Å². The maximum atomic E-state index is 14.3. The first-order valence-electron chi connectivity index (χ1n) is 15.9. The Kier molecular flexibility index (Phi) is 10.4. The number of nitrogens with one attached hydrogen (secondary N) is 1. The maximum Gasteiger partial charge on any atom is 0.308 e. The van der Waals surface area contributed by atoms with Crippen LogP contribution in [0.3, 0.4) is 0 Å². The molecule has 2 heterocycles. The fourth-order valence-electron chi connectivity index (χ4n) is 6.44. The van der Waals surface area contributed by atoms with Gasteiger partial charge in [0.05, 0.1) is 25.7 Å². The van der Waals surface area contributed by atoms with Crippen molar-refractivity contribution in [2.75, 3.05) is 7.11 Å². The topological polar surface area (TPSA) is 78.8 Å². The van der Waals surface area contributed by atoms with Gasteiger partial charge in [0, 0.05) is 35.8 Å². The van der Waals surface area contributed by atoms with Crippen LogP contribution in [0.2, 0.25) is 0 Å². The van der Waals surface area contributed by atoms with Crippen LogP contribution in [0, 0.1) is 5.82 Å². The number of esters is 1. The molecule has 3 aromatic carbocycles.